The number of rotatable bonds is 5. The summed E-state index contributed by atoms with van der Waals surface area (Å²) in [6, 6.07) is 11.2. The second-order valence-corrected chi connectivity index (χ2v) is 6.34. The minimum Gasteiger partial charge on any atom is -0.497 e. The Hall–Kier alpha value is -2.56. The van der Waals surface area contributed by atoms with E-state index in [1.165, 1.54) is 0 Å². The van der Waals surface area contributed by atoms with Gasteiger partial charge >= 0.3 is 0 Å². The van der Waals surface area contributed by atoms with Crippen molar-refractivity contribution in [2.24, 2.45) is 0 Å². The van der Waals surface area contributed by atoms with E-state index in [1.54, 1.807) is 19.4 Å². The van der Waals surface area contributed by atoms with Crippen LogP contribution in [0.3, 0.4) is 0 Å². The first-order chi connectivity index (χ1) is 10.9. The van der Waals surface area contributed by atoms with Gasteiger partial charge < -0.3 is 15.4 Å². The van der Waals surface area contributed by atoms with E-state index < -0.39 is 0 Å². The fourth-order valence-electron chi connectivity index (χ4n) is 2.05. The SMILES string of the molecule is COc1ccc(CNC(=O)c2ccc(NC(C)(C)C)cn2)cc1. The molecule has 5 heteroatoms. The highest BCUT2D eigenvalue weighted by Gasteiger charge is 2.11. The lowest BCUT2D eigenvalue weighted by Crippen LogP contribution is -2.26. The van der Waals surface area contributed by atoms with Crippen molar-refractivity contribution in [2.75, 3.05) is 12.4 Å². The van der Waals surface area contributed by atoms with Crippen LogP contribution >= 0.6 is 0 Å². The summed E-state index contributed by atoms with van der Waals surface area (Å²) in [4.78, 5) is 16.3. The summed E-state index contributed by atoms with van der Waals surface area (Å²) in [7, 11) is 1.63. The quantitative estimate of drug-likeness (QED) is 0.889. The van der Waals surface area contributed by atoms with Crippen molar-refractivity contribution >= 4 is 11.6 Å². The number of ether oxygens (including phenoxy) is 1. The summed E-state index contributed by atoms with van der Waals surface area (Å²) in [5, 5.41) is 6.17. The van der Waals surface area contributed by atoms with Gasteiger partial charge in [0, 0.05) is 12.1 Å². The molecule has 5 nitrogen and oxygen atoms in total. The summed E-state index contributed by atoms with van der Waals surface area (Å²) in [5.41, 5.74) is 2.26. The van der Waals surface area contributed by atoms with E-state index in [1.807, 2.05) is 30.3 Å². The Morgan fingerprint density at radius 2 is 1.83 bits per heavy atom. The molecule has 0 aliphatic heterocycles. The second-order valence-electron chi connectivity index (χ2n) is 6.34. The lowest BCUT2D eigenvalue weighted by molar-refractivity contribution is 0.0946. The molecule has 0 spiro atoms. The lowest BCUT2D eigenvalue weighted by atomic mass is 10.1. The number of anilines is 1. The van der Waals surface area contributed by atoms with Crippen LogP contribution in [-0.2, 0) is 6.54 Å². The third kappa shape index (κ3) is 5.29. The highest BCUT2D eigenvalue weighted by Crippen LogP contribution is 2.14. The smallest absolute Gasteiger partial charge is 0.270 e. The number of pyridine rings is 1. The van der Waals surface area contributed by atoms with Crippen LogP contribution in [0.1, 0.15) is 36.8 Å². The minimum absolute atomic E-state index is 0.0418. The van der Waals surface area contributed by atoms with Crippen molar-refractivity contribution in [3.05, 3.63) is 53.9 Å². The molecule has 122 valence electrons. The number of methoxy groups -OCH3 is 1. The maximum atomic E-state index is 12.1. The average molecular weight is 313 g/mol. The van der Waals surface area contributed by atoms with Crippen molar-refractivity contribution in [3.63, 3.8) is 0 Å². The average Bonchev–Trinajstić information content (AvgIpc) is 2.52. The van der Waals surface area contributed by atoms with Crippen LogP contribution in [0.2, 0.25) is 0 Å². The predicted molar refractivity (Wildman–Crippen MR) is 91.8 cm³/mol. The number of carbonyl (C=O) groups excluding carboxylic acids is 1. The largest absolute Gasteiger partial charge is 0.497 e. The van der Waals surface area contributed by atoms with Crippen molar-refractivity contribution < 1.29 is 9.53 Å². The molecule has 0 aliphatic rings. The first-order valence-corrected chi connectivity index (χ1v) is 7.53. The van der Waals surface area contributed by atoms with Crippen LogP contribution in [0.15, 0.2) is 42.6 Å². The number of aromatic nitrogens is 1. The van der Waals surface area contributed by atoms with E-state index in [2.05, 4.69) is 36.4 Å². The van der Waals surface area contributed by atoms with Gasteiger partial charge in [0.05, 0.1) is 19.0 Å². The fraction of sp³-hybridized carbons (Fsp3) is 0.333. The number of hydrogen-bond donors (Lipinski definition) is 2. The van der Waals surface area contributed by atoms with Gasteiger partial charge in [0.25, 0.3) is 5.91 Å². The zero-order valence-corrected chi connectivity index (χ0v) is 14.0. The van der Waals surface area contributed by atoms with Crippen molar-refractivity contribution in [1.29, 1.82) is 0 Å². The molecule has 1 aromatic carbocycles. The van der Waals surface area contributed by atoms with Crippen LogP contribution in [-0.4, -0.2) is 23.5 Å². The highest BCUT2D eigenvalue weighted by atomic mass is 16.5. The van der Waals surface area contributed by atoms with Gasteiger partial charge in [-0.05, 0) is 50.6 Å². The maximum Gasteiger partial charge on any atom is 0.270 e. The molecule has 0 fully saturated rings. The van der Waals surface area contributed by atoms with E-state index in [-0.39, 0.29) is 11.4 Å². The van der Waals surface area contributed by atoms with Gasteiger partial charge in [-0.3, -0.25) is 4.79 Å². The van der Waals surface area contributed by atoms with Crippen LogP contribution in [0.5, 0.6) is 5.75 Å². The van der Waals surface area contributed by atoms with E-state index in [0.29, 0.717) is 12.2 Å². The zero-order valence-electron chi connectivity index (χ0n) is 14.0. The van der Waals surface area contributed by atoms with Gasteiger partial charge in [-0.25, -0.2) is 4.98 Å². The first kappa shape index (κ1) is 16.8. The molecular formula is C18H23N3O2. The van der Waals surface area contributed by atoms with Gasteiger partial charge in [0.2, 0.25) is 0 Å². The minimum atomic E-state index is -0.192. The normalized spacial score (nSPS) is 11.0. The van der Waals surface area contributed by atoms with Crippen molar-refractivity contribution in [1.82, 2.24) is 10.3 Å². The summed E-state index contributed by atoms with van der Waals surface area (Å²) in [5.74, 6) is 0.604. The fourth-order valence-corrected chi connectivity index (χ4v) is 2.05. The summed E-state index contributed by atoms with van der Waals surface area (Å²) in [6.45, 7) is 6.67. The Morgan fingerprint density at radius 3 is 2.35 bits per heavy atom. The Bertz CT molecular complexity index is 643. The molecule has 2 N–H and O–H groups in total. The molecule has 0 saturated carbocycles. The Balaban J connectivity index is 1.92. The number of carbonyl (C=O) groups is 1. The summed E-state index contributed by atoms with van der Waals surface area (Å²) < 4.78 is 5.11. The number of amides is 1. The molecule has 0 atom stereocenters. The molecule has 2 aromatic rings. The number of hydrogen-bond acceptors (Lipinski definition) is 4. The molecule has 23 heavy (non-hydrogen) atoms. The number of benzene rings is 1. The highest BCUT2D eigenvalue weighted by molar-refractivity contribution is 5.92. The van der Waals surface area contributed by atoms with E-state index in [0.717, 1.165) is 17.0 Å². The standard InChI is InChI=1S/C18H23N3O2/c1-18(2,3)21-14-7-10-16(19-12-14)17(22)20-11-13-5-8-15(23-4)9-6-13/h5-10,12,21H,11H2,1-4H3,(H,20,22). The molecule has 0 radical (unpaired) electrons. The summed E-state index contributed by atoms with van der Waals surface area (Å²) >= 11 is 0. The Kier molecular flexibility index (Phi) is 5.21. The van der Waals surface area contributed by atoms with Crippen LogP contribution in [0.25, 0.3) is 0 Å². The lowest BCUT2D eigenvalue weighted by Gasteiger charge is -2.21. The van der Waals surface area contributed by atoms with Gasteiger partial charge in [0.1, 0.15) is 11.4 Å². The van der Waals surface area contributed by atoms with Crippen LogP contribution in [0, 0.1) is 0 Å². The van der Waals surface area contributed by atoms with Crippen LogP contribution in [0.4, 0.5) is 5.69 Å². The van der Waals surface area contributed by atoms with Gasteiger partial charge in [-0.2, -0.15) is 0 Å². The number of nitrogens with one attached hydrogen (secondary N) is 2. The third-order valence-electron chi connectivity index (χ3n) is 3.13. The second kappa shape index (κ2) is 7.13. The molecule has 1 amide bonds. The topological polar surface area (TPSA) is 63.2 Å². The third-order valence-corrected chi connectivity index (χ3v) is 3.13. The Labute approximate surface area is 137 Å². The molecule has 0 aliphatic carbocycles. The van der Waals surface area contributed by atoms with Gasteiger partial charge in [-0.1, -0.05) is 12.1 Å². The molecule has 0 saturated heterocycles. The van der Waals surface area contributed by atoms with Crippen molar-refractivity contribution in [3.8, 4) is 5.75 Å². The van der Waals surface area contributed by atoms with Crippen LogP contribution < -0.4 is 15.4 Å². The van der Waals surface area contributed by atoms with E-state index >= 15 is 0 Å². The molecule has 2 rings (SSSR count). The molecule has 1 heterocycles. The molecular weight excluding hydrogens is 290 g/mol. The monoisotopic (exact) mass is 313 g/mol. The van der Waals surface area contributed by atoms with E-state index in [9.17, 15) is 4.79 Å². The van der Waals surface area contributed by atoms with Gasteiger partial charge in [-0.15, -0.1) is 0 Å². The maximum absolute atomic E-state index is 12.1. The molecule has 0 bridgehead atoms. The summed E-state index contributed by atoms with van der Waals surface area (Å²) in [6.07, 6.45) is 1.67. The van der Waals surface area contributed by atoms with Crippen molar-refractivity contribution in [2.45, 2.75) is 32.9 Å². The molecule has 0 unspecified atom stereocenters. The number of nitrogens with zero attached hydrogens (tertiary/aromatic N) is 1. The predicted octanol–water partition coefficient (Wildman–Crippen LogP) is 3.23. The van der Waals surface area contributed by atoms with Gasteiger partial charge in [0.15, 0.2) is 0 Å². The zero-order chi connectivity index (χ0) is 16.9. The van der Waals surface area contributed by atoms with E-state index in [4.69, 9.17) is 4.74 Å². The molecule has 1 aromatic heterocycles. The first-order valence-electron chi connectivity index (χ1n) is 7.53. The Morgan fingerprint density at radius 1 is 1.13 bits per heavy atom.